The zero-order chi connectivity index (χ0) is 15.3. The average molecular weight is 291 g/mol. The fourth-order valence-corrected chi connectivity index (χ4v) is 3.36. The van der Waals surface area contributed by atoms with Crippen LogP contribution in [-0.4, -0.2) is 11.9 Å². The highest BCUT2D eigenvalue weighted by atomic mass is 16.3. The van der Waals surface area contributed by atoms with Gasteiger partial charge in [-0.1, -0.05) is 36.4 Å². The van der Waals surface area contributed by atoms with Gasteiger partial charge in [-0.3, -0.25) is 4.79 Å². The van der Waals surface area contributed by atoms with E-state index in [1.165, 1.54) is 5.56 Å². The predicted octanol–water partition coefficient (Wildman–Crippen LogP) is 4.33. The second-order valence-corrected chi connectivity index (χ2v) is 5.91. The van der Waals surface area contributed by atoms with E-state index in [1.54, 1.807) is 0 Å². The second-order valence-electron chi connectivity index (χ2n) is 5.91. The molecule has 0 radical (unpaired) electrons. The summed E-state index contributed by atoms with van der Waals surface area (Å²) in [7, 11) is 0. The number of rotatable bonds is 1. The van der Waals surface area contributed by atoms with Crippen molar-refractivity contribution in [3.8, 4) is 0 Å². The van der Waals surface area contributed by atoms with E-state index in [1.807, 2.05) is 54.3 Å². The number of anilines is 1. The number of hydrogen-bond acceptors (Lipinski definition) is 2. The standard InChI is InChI=1S/C19H17NO2/c1-12-11-14-7-3-5-9-16(14)20(12)19(21)18-13(2)15-8-4-6-10-17(15)22-18/h3-10,12H,11H2,1-2H3/t12-/m0/s1. The van der Waals surface area contributed by atoms with Gasteiger partial charge in [-0.2, -0.15) is 0 Å². The zero-order valence-corrected chi connectivity index (χ0v) is 12.7. The van der Waals surface area contributed by atoms with E-state index >= 15 is 0 Å². The molecule has 2 aromatic carbocycles. The molecule has 0 fully saturated rings. The average Bonchev–Trinajstić information content (AvgIpc) is 3.04. The number of amides is 1. The molecule has 0 aliphatic carbocycles. The van der Waals surface area contributed by atoms with Crippen molar-refractivity contribution in [2.75, 3.05) is 4.90 Å². The summed E-state index contributed by atoms with van der Waals surface area (Å²) in [4.78, 5) is 14.9. The Morgan fingerprint density at radius 1 is 1.14 bits per heavy atom. The number of furan rings is 1. The smallest absolute Gasteiger partial charge is 0.294 e. The second kappa shape index (κ2) is 4.73. The van der Waals surface area contributed by atoms with E-state index in [2.05, 4.69) is 13.0 Å². The predicted molar refractivity (Wildman–Crippen MR) is 87.4 cm³/mol. The summed E-state index contributed by atoms with van der Waals surface area (Å²) in [5.74, 6) is 0.399. The van der Waals surface area contributed by atoms with Crippen LogP contribution in [0.3, 0.4) is 0 Å². The van der Waals surface area contributed by atoms with Crippen molar-refractivity contribution in [1.29, 1.82) is 0 Å². The van der Waals surface area contributed by atoms with E-state index in [-0.39, 0.29) is 11.9 Å². The van der Waals surface area contributed by atoms with Crippen molar-refractivity contribution in [2.24, 2.45) is 0 Å². The molecule has 1 aliphatic heterocycles. The molecule has 3 heteroatoms. The number of fused-ring (bicyclic) bond motifs is 2. The third kappa shape index (κ3) is 1.78. The first-order valence-electron chi connectivity index (χ1n) is 7.56. The molecule has 0 saturated carbocycles. The summed E-state index contributed by atoms with van der Waals surface area (Å²) in [6.45, 7) is 4.03. The van der Waals surface area contributed by atoms with Crippen LogP contribution in [0.2, 0.25) is 0 Å². The van der Waals surface area contributed by atoms with E-state index in [0.29, 0.717) is 5.76 Å². The monoisotopic (exact) mass is 291 g/mol. The van der Waals surface area contributed by atoms with Gasteiger partial charge in [0.25, 0.3) is 5.91 Å². The van der Waals surface area contributed by atoms with Gasteiger partial charge in [-0.25, -0.2) is 0 Å². The number of hydrogen-bond donors (Lipinski definition) is 0. The van der Waals surface area contributed by atoms with Crippen LogP contribution >= 0.6 is 0 Å². The van der Waals surface area contributed by atoms with Crippen LogP contribution in [0.4, 0.5) is 5.69 Å². The molecule has 1 amide bonds. The molecular weight excluding hydrogens is 274 g/mol. The van der Waals surface area contributed by atoms with Gasteiger partial charge in [0.15, 0.2) is 5.76 Å². The lowest BCUT2D eigenvalue weighted by Gasteiger charge is -2.21. The minimum Gasteiger partial charge on any atom is -0.451 e. The van der Waals surface area contributed by atoms with Gasteiger partial charge in [0.1, 0.15) is 5.58 Å². The van der Waals surface area contributed by atoms with Crippen molar-refractivity contribution in [1.82, 2.24) is 0 Å². The van der Waals surface area contributed by atoms with E-state index < -0.39 is 0 Å². The van der Waals surface area contributed by atoms with Gasteiger partial charge >= 0.3 is 0 Å². The lowest BCUT2D eigenvalue weighted by atomic mass is 10.1. The van der Waals surface area contributed by atoms with Crippen molar-refractivity contribution < 1.29 is 9.21 Å². The Hall–Kier alpha value is -2.55. The Morgan fingerprint density at radius 3 is 2.68 bits per heavy atom. The maximum atomic E-state index is 13.0. The van der Waals surface area contributed by atoms with Gasteiger partial charge in [-0.15, -0.1) is 0 Å². The quantitative estimate of drug-likeness (QED) is 0.668. The lowest BCUT2D eigenvalue weighted by molar-refractivity contribution is 0.0956. The Balaban J connectivity index is 1.82. The number of carbonyl (C=O) groups is 1. The summed E-state index contributed by atoms with van der Waals surface area (Å²) in [5, 5.41) is 1.01. The summed E-state index contributed by atoms with van der Waals surface area (Å²) in [6.07, 6.45) is 0.890. The highest BCUT2D eigenvalue weighted by Crippen LogP contribution is 2.35. The summed E-state index contributed by atoms with van der Waals surface area (Å²) in [6, 6.07) is 16.0. The van der Waals surface area contributed by atoms with Crippen molar-refractivity contribution in [2.45, 2.75) is 26.3 Å². The fraction of sp³-hybridized carbons (Fsp3) is 0.211. The molecule has 22 heavy (non-hydrogen) atoms. The Labute approximate surface area is 129 Å². The lowest BCUT2D eigenvalue weighted by Crippen LogP contribution is -2.35. The van der Waals surface area contributed by atoms with Gasteiger partial charge < -0.3 is 9.32 Å². The van der Waals surface area contributed by atoms with Crippen molar-refractivity contribution >= 4 is 22.6 Å². The molecule has 3 nitrogen and oxygen atoms in total. The SMILES string of the molecule is Cc1c(C(=O)N2c3ccccc3C[C@@H]2C)oc2ccccc12. The fourth-order valence-electron chi connectivity index (χ4n) is 3.36. The molecule has 1 aromatic heterocycles. The molecule has 0 bridgehead atoms. The molecular formula is C19H17NO2. The summed E-state index contributed by atoms with van der Waals surface area (Å²) >= 11 is 0. The van der Waals surface area contributed by atoms with Crippen LogP contribution < -0.4 is 4.90 Å². The van der Waals surface area contributed by atoms with E-state index in [4.69, 9.17) is 4.42 Å². The minimum atomic E-state index is -0.0499. The number of carbonyl (C=O) groups excluding carboxylic acids is 1. The largest absolute Gasteiger partial charge is 0.451 e. The highest BCUT2D eigenvalue weighted by Gasteiger charge is 2.33. The molecule has 4 rings (SSSR count). The molecule has 2 heterocycles. The zero-order valence-electron chi connectivity index (χ0n) is 12.7. The molecule has 0 spiro atoms. The van der Waals surface area contributed by atoms with Gasteiger partial charge in [-0.05, 0) is 38.0 Å². The molecule has 1 aliphatic rings. The normalized spacial score (nSPS) is 17.0. The van der Waals surface area contributed by atoms with Crippen LogP contribution in [-0.2, 0) is 6.42 Å². The number of para-hydroxylation sites is 2. The first-order valence-corrected chi connectivity index (χ1v) is 7.56. The molecule has 0 N–H and O–H groups in total. The molecule has 1 atom stereocenters. The van der Waals surface area contributed by atoms with Crippen LogP contribution in [0.25, 0.3) is 11.0 Å². The van der Waals surface area contributed by atoms with E-state index in [9.17, 15) is 4.79 Å². The van der Waals surface area contributed by atoms with E-state index in [0.717, 1.165) is 28.6 Å². The first kappa shape index (κ1) is 13.1. The van der Waals surface area contributed by atoms with Crippen molar-refractivity contribution in [3.05, 3.63) is 65.4 Å². The molecule has 0 unspecified atom stereocenters. The number of aryl methyl sites for hydroxylation is 1. The first-order chi connectivity index (χ1) is 10.7. The maximum absolute atomic E-state index is 13.0. The third-order valence-corrected chi connectivity index (χ3v) is 4.46. The minimum absolute atomic E-state index is 0.0499. The van der Waals surface area contributed by atoms with Crippen LogP contribution in [0.5, 0.6) is 0 Å². The Morgan fingerprint density at radius 2 is 1.86 bits per heavy atom. The molecule has 3 aromatic rings. The van der Waals surface area contributed by atoms with Crippen LogP contribution in [0, 0.1) is 6.92 Å². The molecule has 0 saturated heterocycles. The van der Waals surface area contributed by atoms with Crippen LogP contribution in [0.1, 0.15) is 28.6 Å². The van der Waals surface area contributed by atoms with Crippen LogP contribution in [0.15, 0.2) is 52.9 Å². The molecule has 110 valence electrons. The number of benzene rings is 2. The Bertz CT molecular complexity index is 878. The topological polar surface area (TPSA) is 33.5 Å². The highest BCUT2D eigenvalue weighted by molar-refractivity contribution is 6.09. The van der Waals surface area contributed by atoms with Crippen molar-refractivity contribution in [3.63, 3.8) is 0 Å². The van der Waals surface area contributed by atoms with Gasteiger partial charge in [0.05, 0.1) is 0 Å². The Kier molecular flexibility index (Phi) is 2.83. The third-order valence-electron chi connectivity index (χ3n) is 4.46. The number of nitrogens with zero attached hydrogens (tertiary/aromatic N) is 1. The van der Waals surface area contributed by atoms with Gasteiger partial charge in [0.2, 0.25) is 0 Å². The maximum Gasteiger partial charge on any atom is 0.294 e. The summed E-state index contributed by atoms with van der Waals surface area (Å²) < 4.78 is 5.85. The van der Waals surface area contributed by atoms with Gasteiger partial charge in [0, 0.05) is 22.7 Å². The summed E-state index contributed by atoms with van der Waals surface area (Å²) in [5.41, 5.74) is 3.90.